The summed E-state index contributed by atoms with van der Waals surface area (Å²) in [4.78, 5) is 25.7. The first-order valence-electron chi connectivity index (χ1n) is 6.68. The molecule has 0 radical (unpaired) electrons. The molecule has 1 unspecified atom stereocenters. The van der Waals surface area contributed by atoms with Crippen LogP contribution in [0, 0.1) is 19.8 Å². The molecule has 0 aliphatic carbocycles. The molecule has 1 aromatic rings. The van der Waals surface area contributed by atoms with E-state index in [1.165, 1.54) is 0 Å². The number of nitrogens with zero attached hydrogens (tertiary/aromatic N) is 1. The van der Waals surface area contributed by atoms with E-state index in [-0.39, 0.29) is 17.7 Å². The Hall–Kier alpha value is -1.84. The van der Waals surface area contributed by atoms with Gasteiger partial charge in [-0.1, -0.05) is 12.1 Å². The third kappa shape index (κ3) is 2.78. The highest BCUT2D eigenvalue weighted by Gasteiger charge is 2.35. The summed E-state index contributed by atoms with van der Waals surface area (Å²) in [6.45, 7) is 6.96. The van der Waals surface area contributed by atoms with Gasteiger partial charge in [-0.05, 0) is 38.0 Å². The lowest BCUT2D eigenvalue weighted by molar-refractivity contribution is -0.126. The molecule has 0 saturated carbocycles. The van der Waals surface area contributed by atoms with Crippen molar-refractivity contribution in [3.63, 3.8) is 0 Å². The molecule has 2 amide bonds. The van der Waals surface area contributed by atoms with Gasteiger partial charge in [-0.25, -0.2) is 0 Å². The van der Waals surface area contributed by atoms with Gasteiger partial charge in [0.25, 0.3) is 0 Å². The molecule has 0 bridgehead atoms. The molecule has 4 nitrogen and oxygen atoms in total. The van der Waals surface area contributed by atoms with Crippen LogP contribution in [0.3, 0.4) is 0 Å². The Labute approximate surface area is 113 Å². The molecule has 1 N–H and O–H groups in total. The maximum atomic E-state index is 12.1. The zero-order valence-electron chi connectivity index (χ0n) is 11.7. The quantitative estimate of drug-likeness (QED) is 0.900. The van der Waals surface area contributed by atoms with Crippen molar-refractivity contribution in [2.75, 3.05) is 18.0 Å². The van der Waals surface area contributed by atoms with Gasteiger partial charge in [-0.3, -0.25) is 9.59 Å². The topological polar surface area (TPSA) is 49.4 Å². The van der Waals surface area contributed by atoms with Crippen LogP contribution in [-0.2, 0) is 9.59 Å². The van der Waals surface area contributed by atoms with Crippen LogP contribution in [0.4, 0.5) is 5.69 Å². The number of rotatable bonds is 3. The summed E-state index contributed by atoms with van der Waals surface area (Å²) in [6.07, 6.45) is 0.305. The average molecular weight is 260 g/mol. The summed E-state index contributed by atoms with van der Waals surface area (Å²) in [7, 11) is 0. The Balaban J connectivity index is 2.20. The van der Waals surface area contributed by atoms with Gasteiger partial charge in [-0.15, -0.1) is 0 Å². The summed E-state index contributed by atoms with van der Waals surface area (Å²) in [5, 5.41) is 2.79. The molecule has 4 heteroatoms. The number of hydrogen-bond acceptors (Lipinski definition) is 2. The molecule has 1 atom stereocenters. The van der Waals surface area contributed by atoms with Crippen molar-refractivity contribution >= 4 is 17.5 Å². The molecule has 1 heterocycles. The van der Waals surface area contributed by atoms with E-state index >= 15 is 0 Å². The lowest BCUT2D eigenvalue weighted by Crippen LogP contribution is -2.32. The molecule has 102 valence electrons. The molecular weight excluding hydrogens is 240 g/mol. The largest absolute Gasteiger partial charge is 0.356 e. The van der Waals surface area contributed by atoms with Gasteiger partial charge in [0.05, 0.1) is 5.92 Å². The minimum atomic E-state index is -0.229. The van der Waals surface area contributed by atoms with Gasteiger partial charge < -0.3 is 10.2 Å². The first-order valence-corrected chi connectivity index (χ1v) is 6.68. The number of nitrogens with one attached hydrogen (secondary N) is 1. The predicted molar refractivity (Wildman–Crippen MR) is 75.1 cm³/mol. The second-order valence-corrected chi connectivity index (χ2v) is 5.09. The standard InChI is InChI=1S/C15H20N2O2/c1-4-16-15(19)12-8-14(18)17(9-12)13-7-10(2)5-6-11(13)3/h5-7,12H,4,8-9H2,1-3H3,(H,16,19). The van der Waals surface area contributed by atoms with Gasteiger partial charge >= 0.3 is 0 Å². The Morgan fingerprint density at radius 2 is 2.16 bits per heavy atom. The van der Waals surface area contributed by atoms with E-state index in [0.29, 0.717) is 19.5 Å². The maximum Gasteiger partial charge on any atom is 0.227 e. The Morgan fingerprint density at radius 1 is 1.42 bits per heavy atom. The van der Waals surface area contributed by atoms with E-state index < -0.39 is 0 Å². The number of anilines is 1. The molecule has 1 saturated heterocycles. The van der Waals surface area contributed by atoms with Crippen LogP contribution >= 0.6 is 0 Å². The van der Waals surface area contributed by atoms with E-state index in [1.807, 2.05) is 39.0 Å². The molecule has 0 spiro atoms. The van der Waals surface area contributed by atoms with Crippen LogP contribution in [0.2, 0.25) is 0 Å². The summed E-state index contributed by atoms with van der Waals surface area (Å²) < 4.78 is 0. The lowest BCUT2D eigenvalue weighted by Gasteiger charge is -2.19. The molecule has 1 aromatic carbocycles. The number of benzene rings is 1. The molecule has 1 fully saturated rings. The van der Waals surface area contributed by atoms with Crippen LogP contribution in [0.25, 0.3) is 0 Å². The molecule has 0 aromatic heterocycles. The third-order valence-electron chi connectivity index (χ3n) is 3.50. The number of amides is 2. The molecule has 1 aliphatic rings. The Bertz CT molecular complexity index is 511. The first-order chi connectivity index (χ1) is 9.02. The monoisotopic (exact) mass is 260 g/mol. The predicted octanol–water partition coefficient (Wildman–Crippen LogP) is 1.79. The van der Waals surface area contributed by atoms with Crippen LogP contribution in [0.5, 0.6) is 0 Å². The second kappa shape index (κ2) is 5.43. The third-order valence-corrected chi connectivity index (χ3v) is 3.50. The van der Waals surface area contributed by atoms with Crippen molar-refractivity contribution in [1.82, 2.24) is 5.32 Å². The van der Waals surface area contributed by atoms with E-state index in [9.17, 15) is 9.59 Å². The zero-order valence-corrected chi connectivity index (χ0v) is 11.7. The van der Waals surface area contributed by atoms with E-state index in [1.54, 1.807) is 4.90 Å². The Morgan fingerprint density at radius 3 is 2.84 bits per heavy atom. The van der Waals surface area contributed by atoms with Gasteiger partial charge in [0.2, 0.25) is 11.8 Å². The Kier molecular flexibility index (Phi) is 3.88. The maximum absolute atomic E-state index is 12.1. The van der Waals surface area contributed by atoms with Gasteiger partial charge in [0, 0.05) is 25.2 Å². The summed E-state index contributed by atoms with van der Waals surface area (Å²) in [6, 6.07) is 6.05. The van der Waals surface area contributed by atoms with E-state index in [2.05, 4.69) is 5.32 Å². The summed E-state index contributed by atoms with van der Waals surface area (Å²) >= 11 is 0. The highest BCUT2D eigenvalue weighted by molar-refractivity contribution is 6.00. The van der Waals surface area contributed by atoms with Crippen molar-refractivity contribution in [2.45, 2.75) is 27.2 Å². The van der Waals surface area contributed by atoms with Crippen molar-refractivity contribution < 1.29 is 9.59 Å². The SMILES string of the molecule is CCNC(=O)C1CC(=O)N(c2cc(C)ccc2C)C1. The zero-order chi connectivity index (χ0) is 14.0. The second-order valence-electron chi connectivity index (χ2n) is 5.09. The van der Waals surface area contributed by atoms with Crippen molar-refractivity contribution in [3.8, 4) is 0 Å². The van der Waals surface area contributed by atoms with Crippen molar-refractivity contribution in [1.29, 1.82) is 0 Å². The minimum Gasteiger partial charge on any atom is -0.356 e. The smallest absolute Gasteiger partial charge is 0.227 e. The van der Waals surface area contributed by atoms with Crippen LogP contribution in [0.15, 0.2) is 18.2 Å². The fourth-order valence-electron chi connectivity index (χ4n) is 2.44. The van der Waals surface area contributed by atoms with Gasteiger partial charge in [-0.2, -0.15) is 0 Å². The number of carbonyl (C=O) groups is 2. The van der Waals surface area contributed by atoms with Crippen LogP contribution in [-0.4, -0.2) is 24.9 Å². The van der Waals surface area contributed by atoms with Crippen molar-refractivity contribution in [2.24, 2.45) is 5.92 Å². The van der Waals surface area contributed by atoms with Crippen molar-refractivity contribution in [3.05, 3.63) is 29.3 Å². The number of carbonyl (C=O) groups excluding carboxylic acids is 2. The molecule has 19 heavy (non-hydrogen) atoms. The summed E-state index contributed by atoms with van der Waals surface area (Å²) in [5.41, 5.74) is 3.11. The van der Waals surface area contributed by atoms with Crippen LogP contribution < -0.4 is 10.2 Å². The highest BCUT2D eigenvalue weighted by Crippen LogP contribution is 2.28. The minimum absolute atomic E-state index is 0.0244. The lowest BCUT2D eigenvalue weighted by atomic mass is 10.1. The fourth-order valence-corrected chi connectivity index (χ4v) is 2.44. The first kappa shape index (κ1) is 13.6. The number of hydrogen-bond donors (Lipinski definition) is 1. The highest BCUT2D eigenvalue weighted by atomic mass is 16.2. The summed E-state index contributed by atoms with van der Waals surface area (Å²) in [5.74, 6) is -0.221. The number of aryl methyl sites for hydroxylation is 2. The normalized spacial score (nSPS) is 18.8. The molecule has 2 rings (SSSR count). The van der Waals surface area contributed by atoms with Gasteiger partial charge in [0.1, 0.15) is 0 Å². The average Bonchev–Trinajstić information content (AvgIpc) is 2.75. The molecule has 1 aliphatic heterocycles. The van der Waals surface area contributed by atoms with E-state index in [4.69, 9.17) is 0 Å². The van der Waals surface area contributed by atoms with Crippen LogP contribution in [0.1, 0.15) is 24.5 Å². The van der Waals surface area contributed by atoms with E-state index in [0.717, 1.165) is 16.8 Å². The fraction of sp³-hybridized carbons (Fsp3) is 0.467. The van der Waals surface area contributed by atoms with Gasteiger partial charge in [0.15, 0.2) is 0 Å². The molecular formula is C15H20N2O2.